The molecule has 45 valence electrons. The van der Waals surface area contributed by atoms with Gasteiger partial charge in [0.2, 0.25) is 0 Å². The Balaban J connectivity index is 0. The first kappa shape index (κ1) is 11.7. The first-order valence-electron chi connectivity index (χ1n) is 1.46. The molecule has 7 heavy (non-hydrogen) atoms. The molecule has 0 aliphatic rings. The zero-order valence-corrected chi connectivity index (χ0v) is 9.60. The van der Waals surface area contributed by atoms with E-state index in [-0.39, 0.29) is 0 Å². The van der Waals surface area contributed by atoms with Crippen LogP contribution in [0.15, 0.2) is 0 Å². The molecule has 0 unspecified atom stereocenters. The second kappa shape index (κ2) is 6.08. The van der Waals surface area contributed by atoms with Crippen LogP contribution >= 0.6 is 35.7 Å². The Morgan fingerprint density at radius 3 is 1.00 bits per heavy atom. The monoisotopic (exact) mass is 289 g/mol. The molecule has 0 bridgehead atoms. The standard InChI is InChI=1S/C2H5.4ClH.Sn/c1-2;;;;;/h1H2,2H3;4*1H;/q;;;;;+4/p-4. The van der Waals surface area contributed by atoms with E-state index in [4.69, 9.17) is 35.7 Å². The molecule has 0 rings (SSSR count). The molecule has 0 saturated heterocycles. The molecule has 0 heterocycles. The predicted octanol–water partition coefficient (Wildman–Crippen LogP) is 3.22. The summed E-state index contributed by atoms with van der Waals surface area (Å²) in [5, 5.41) is 0. The number of hydrogen-bond donors (Lipinski definition) is 0. The van der Waals surface area contributed by atoms with Gasteiger partial charge in [-0.25, -0.2) is 0 Å². The molecule has 0 aromatic heterocycles. The van der Waals surface area contributed by atoms with E-state index in [0.717, 1.165) is 0 Å². The van der Waals surface area contributed by atoms with Crippen molar-refractivity contribution in [2.75, 3.05) is 0 Å². The van der Waals surface area contributed by atoms with Crippen molar-refractivity contribution in [3.8, 4) is 0 Å². The molecule has 5 heteroatoms. The summed E-state index contributed by atoms with van der Waals surface area (Å²) in [6, 6.07) is 0. The molecular formula is C2H5Cl4Sn. The van der Waals surface area contributed by atoms with Crippen molar-refractivity contribution in [3.05, 3.63) is 6.92 Å². The molecule has 0 saturated carbocycles. The van der Waals surface area contributed by atoms with Crippen LogP contribution in [0.3, 0.4) is 0 Å². The van der Waals surface area contributed by atoms with Gasteiger partial charge in [-0.3, -0.25) is 0 Å². The summed E-state index contributed by atoms with van der Waals surface area (Å²) < 4.78 is 0. The molecule has 0 spiro atoms. The Labute approximate surface area is 62.8 Å². The Hall–Kier alpha value is 1.96. The van der Waals surface area contributed by atoms with Crippen LogP contribution < -0.4 is 0 Å². The van der Waals surface area contributed by atoms with Crippen LogP contribution in [0.4, 0.5) is 0 Å². The second-order valence-corrected chi connectivity index (χ2v) is 25.9. The predicted molar refractivity (Wildman–Crippen MR) is 40.2 cm³/mol. The minimum absolute atomic E-state index is 1.75. The SMILES string of the molecule is [CH2]C.[Cl][Sn]([Cl])([Cl])[Cl]. The molecule has 0 aromatic carbocycles. The molecule has 0 N–H and O–H groups in total. The number of halogens is 4. The quantitative estimate of drug-likeness (QED) is 0.601. The zero-order chi connectivity index (χ0) is 6.50. The summed E-state index contributed by atoms with van der Waals surface area (Å²) in [4.78, 5) is 0. The van der Waals surface area contributed by atoms with Crippen molar-refractivity contribution in [1.29, 1.82) is 0 Å². The van der Waals surface area contributed by atoms with E-state index < -0.39 is 13.9 Å². The van der Waals surface area contributed by atoms with Gasteiger partial charge in [0.15, 0.2) is 0 Å². The second-order valence-electron chi connectivity index (χ2n) is 0.429. The van der Waals surface area contributed by atoms with Gasteiger partial charge in [-0.2, -0.15) is 0 Å². The van der Waals surface area contributed by atoms with Crippen LogP contribution in [-0.4, -0.2) is 13.9 Å². The first-order valence-corrected chi connectivity index (χ1v) is 15.9. The van der Waals surface area contributed by atoms with E-state index in [1.54, 1.807) is 6.92 Å². The van der Waals surface area contributed by atoms with Gasteiger partial charge in [-0.05, 0) is 0 Å². The third-order valence-corrected chi connectivity index (χ3v) is 0. The van der Waals surface area contributed by atoms with Gasteiger partial charge in [-0.15, -0.1) is 0 Å². The number of hydrogen-bond acceptors (Lipinski definition) is 0. The van der Waals surface area contributed by atoms with E-state index in [9.17, 15) is 0 Å². The third-order valence-electron chi connectivity index (χ3n) is 0. The van der Waals surface area contributed by atoms with Crippen LogP contribution in [0.5, 0.6) is 0 Å². The zero-order valence-electron chi connectivity index (χ0n) is 3.72. The van der Waals surface area contributed by atoms with Crippen LogP contribution in [0.1, 0.15) is 6.92 Å². The van der Waals surface area contributed by atoms with E-state index in [2.05, 4.69) is 6.92 Å². The van der Waals surface area contributed by atoms with Crippen molar-refractivity contribution in [3.63, 3.8) is 0 Å². The van der Waals surface area contributed by atoms with Gasteiger partial charge >= 0.3 is 49.6 Å². The molecule has 0 amide bonds. The molecule has 0 atom stereocenters. The molecular weight excluding hydrogens is 285 g/mol. The Morgan fingerprint density at radius 2 is 1.00 bits per heavy atom. The van der Waals surface area contributed by atoms with Gasteiger partial charge in [0.25, 0.3) is 0 Å². The average molecular weight is 290 g/mol. The van der Waals surface area contributed by atoms with E-state index in [0.29, 0.717) is 0 Å². The van der Waals surface area contributed by atoms with E-state index >= 15 is 0 Å². The summed E-state index contributed by atoms with van der Waals surface area (Å²) >= 11 is -3.29. The van der Waals surface area contributed by atoms with Gasteiger partial charge in [0.05, 0.1) is 0 Å². The summed E-state index contributed by atoms with van der Waals surface area (Å²) in [5.74, 6) is 0. The summed E-state index contributed by atoms with van der Waals surface area (Å²) in [6.07, 6.45) is 0. The molecule has 0 aromatic rings. The van der Waals surface area contributed by atoms with Crippen LogP contribution in [0.25, 0.3) is 0 Å². The summed E-state index contributed by atoms with van der Waals surface area (Å²) in [5.41, 5.74) is 0. The van der Waals surface area contributed by atoms with Crippen LogP contribution in [0.2, 0.25) is 0 Å². The van der Waals surface area contributed by atoms with Gasteiger partial charge in [0, 0.05) is 0 Å². The van der Waals surface area contributed by atoms with Crippen molar-refractivity contribution in [2.45, 2.75) is 6.92 Å². The van der Waals surface area contributed by atoms with Gasteiger partial charge < -0.3 is 0 Å². The van der Waals surface area contributed by atoms with Crippen molar-refractivity contribution >= 4 is 49.6 Å². The topological polar surface area (TPSA) is 0 Å². The van der Waals surface area contributed by atoms with Crippen molar-refractivity contribution < 1.29 is 0 Å². The van der Waals surface area contributed by atoms with E-state index in [1.807, 2.05) is 0 Å². The molecule has 1 radical (unpaired) electrons. The molecule has 0 fully saturated rings. The minimum atomic E-state index is -3.29. The Bertz CT molecular complexity index is 25.2. The van der Waals surface area contributed by atoms with Crippen molar-refractivity contribution in [2.24, 2.45) is 0 Å². The Kier molecular flexibility index (Phi) is 10.2. The van der Waals surface area contributed by atoms with Crippen LogP contribution in [-0.2, 0) is 0 Å². The fourth-order valence-electron chi connectivity index (χ4n) is 0. The van der Waals surface area contributed by atoms with Crippen molar-refractivity contribution in [1.82, 2.24) is 0 Å². The van der Waals surface area contributed by atoms with Gasteiger partial charge in [-0.1, -0.05) is 13.8 Å². The number of rotatable bonds is 0. The maximum absolute atomic E-state index is 5.04. The first-order chi connectivity index (χ1) is 3.00. The molecule has 0 nitrogen and oxygen atoms in total. The Morgan fingerprint density at radius 1 is 1.00 bits per heavy atom. The summed E-state index contributed by atoms with van der Waals surface area (Å²) in [6.45, 7) is 5.00. The third kappa shape index (κ3) is 73.7. The fourth-order valence-corrected chi connectivity index (χ4v) is 0. The summed E-state index contributed by atoms with van der Waals surface area (Å²) in [7, 11) is 20.1. The van der Waals surface area contributed by atoms with Gasteiger partial charge in [0.1, 0.15) is 0 Å². The molecule has 0 aliphatic carbocycles. The average Bonchev–Trinajstić information content (AvgIpc) is 1.36. The molecule has 0 aliphatic heterocycles. The maximum atomic E-state index is 5.04. The van der Waals surface area contributed by atoms with E-state index in [1.165, 1.54) is 0 Å². The fraction of sp³-hybridized carbons (Fsp3) is 0.500. The normalized spacial score (nSPS) is 9.43. The van der Waals surface area contributed by atoms with Crippen LogP contribution in [0, 0.1) is 6.92 Å².